The number of nitrogens with zero attached hydrogens (tertiary/aromatic N) is 2. The van der Waals surface area contributed by atoms with Crippen LogP contribution in [0.5, 0.6) is 0 Å². The highest BCUT2D eigenvalue weighted by atomic mass is 16.5. The Hall–Kier alpha value is -1.42. The maximum Gasteiger partial charge on any atom is 0.255 e. The van der Waals surface area contributed by atoms with Gasteiger partial charge in [-0.05, 0) is 12.1 Å². The first-order valence-corrected chi connectivity index (χ1v) is 5.06. The van der Waals surface area contributed by atoms with E-state index in [1.807, 2.05) is 4.90 Å². The molecule has 2 saturated heterocycles. The van der Waals surface area contributed by atoms with E-state index >= 15 is 0 Å². The van der Waals surface area contributed by atoms with Gasteiger partial charge in [-0.3, -0.25) is 9.78 Å². The van der Waals surface area contributed by atoms with Gasteiger partial charge in [0.2, 0.25) is 0 Å². The monoisotopic (exact) mass is 204 g/mol. The summed E-state index contributed by atoms with van der Waals surface area (Å²) in [6, 6.07) is 3.59. The Kier molecular flexibility index (Phi) is 1.79. The predicted molar refractivity (Wildman–Crippen MR) is 53.4 cm³/mol. The molecule has 2 fully saturated rings. The van der Waals surface area contributed by atoms with E-state index in [0.29, 0.717) is 5.56 Å². The summed E-state index contributed by atoms with van der Waals surface area (Å²) in [6.45, 7) is 3.29. The number of rotatable bonds is 1. The van der Waals surface area contributed by atoms with Gasteiger partial charge in [-0.2, -0.15) is 0 Å². The summed E-state index contributed by atoms with van der Waals surface area (Å²) in [5, 5.41) is 0. The van der Waals surface area contributed by atoms with E-state index in [4.69, 9.17) is 4.74 Å². The van der Waals surface area contributed by atoms with Crippen molar-refractivity contribution in [2.45, 2.75) is 0 Å². The lowest BCUT2D eigenvalue weighted by molar-refractivity contribution is -0.176. The highest BCUT2D eigenvalue weighted by Gasteiger charge is 2.50. The van der Waals surface area contributed by atoms with Crippen LogP contribution in [0, 0.1) is 5.41 Å². The van der Waals surface area contributed by atoms with Crippen molar-refractivity contribution in [1.82, 2.24) is 9.88 Å². The first-order chi connectivity index (χ1) is 7.29. The number of hydrogen-bond acceptors (Lipinski definition) is 3. The molecule has 1 aromatic heterocycles. The quantitative estimate of drug-likeness (QED) is 0.671. The summed E-state index contributed by atoms with van der Waals surface area (Å²) in [7, 11) is 0. The van der Waals surface area contributed by atoms with Crippen LogP contribution in [0.2, 0.25) is 0 Å². The molecule has 3 rings (SSSR count). The summed E-state index contributed by atoms with van der Waals surface area (Å²) in [4.78, 5) is 17.7. The SMILES string of the molecule is O=C(c1cccnc1)N1CC2(COC2)C1. The molecule has 15 heavy (non-hydrogen) atoms. The first-order valence-electron chi connectivity index (χ1n) is 5.06. The van der Waals surface area contributed by atoms with Crippen molar-refractivity contribution >= 4 is 5.91 Å². The number of aromatic nitrogens is 1. The lowest BCUT2D eigenvalue weighted by Crippen LogP contribution is -2.67. The van der Waals surface area contributed by atoms with Gasteiger partial charge in [0.1, 0.15) is 0 Å². The van der Waals surface area contributed by atoms with Crippen molar-refractivity contribution in [3.63, 3.8) is 0 Å². The minimum atomic E-state index is 0.0839. The molecule has 0 radical (unpaired) electrons. The van der Waals surface area contributed by atoms with E-state index in [0.717, 1.165) is 26.3 Å². The lowest BCUT2D eigenvalue weighted by Gasteiger charge is -2.54. The van der Waals surface area contributed by atoms with Gasteiger partial charge in [0.05, 0.1) is 24.2 Å². The van der Waals surface area contributed by atoms with Gasteiger partial charge < -0.3 is 9.64 Å². The molecule has 0 N–H and O–H groups in total. The molecule has 78 valence electrons. The third kappa shape index (κ3) is 1.33. The molecule has 2 aliphatic rings. The predicted octanol–water partition coefficient (Wildman–Crippen LogP) is 0.554. The van der Waals surface area contributed by atoms with Crippen molar-refractivity contribution in [3.8, 4) is 0 Å². The fourth-order valence-electron chi connectivity index (χ4n) is 2.15. The second kappa shape index (κ2) is 3.03. The number of amides is 1. The number of carbonyl (C=O) groups excluding carboxylic acids is 1. The summed E-state index contributed by atoms with van der Waals surface area (Å²) < 4.78 is 5.16. The average molecular weight is 204 g/mol. The lowest BCUT2D eigenvalue weighted by atomic mass is 9.78. The zero-order valence-corrected chi connectivity index (χ0v) is 8.35. The van der Waals surface area contributed by atoms with Crippen LogP contribution in [0.4, 0.5) is 0 Å². The van der Waals surface area contributed by atoms with E-state index in [1.54, 1.807) is 24.5 Å². The molecule has 0 aromatic carbocycles. The van der Waals surface area contributed by atoms with E-state index in [1.165, 1.54) is 0 Å². The zero-order chi connectivity index (χ0) is 10.3. The van der Waals surface area contributed by atoms with E-state index in [-0.39, 0.29) is 11.3 Å². The minimum absolute atomic E-state index is 0.0839. The van der Waals surface area contributed by atoms with E-state index in [9.17, 15) is 4.79 Å². The van der Waals surface area contributed by atoms with Gasteiger partial charge in [0.15, 0.2) is 0 Å². The van der Waals surface area contributed by atoms with Crippen LogP contribution in [0.15, 0.2) is 24.5 Å². The van der Waals surface area contributed by atoms with Crippen LogP contribution in [0.1, 0.15) is 10.4 Å². The highest BCUT2D eigenvalue weighted by molar-refractivity contribution is 5.94. The molecule has 0 aliphatic carbocycles. The summed E-state index contributed by atoms with van der Waals surface area (Å²) >= 11 is 0. The molecule has 2 aliphatic heterocycles. The van der Waals surface area contributed by atoms with Crippen molar-refractivity contribution in [1.29, 1.82) is 0 Å². The van der Waals surface area contributed by atoms with Gasteiger partial charge >= 0.3 is 0 Å². The second-order valence-electron chi connectivity index (χ2n) is 4.40. The van der Waals surface area contributed by atoms with Gasteiger partial charge in [-0.15, -0.1) is 0 Å². The molecule has 0 bridgehead atoms. The molecule has 0 atom stereocenters. The topological polar surface area (TPSA) is 42.4 Å². The molecule has 3 heterocycles. The van der Waals surface area contributed by atoms with E-state index in [2.05, 4.69) is 4.98 Å². The Morgan fingerprint density at radius 3 is 2.80 bits per heavy atom. The van der Waals surface area contributed by atoms with Gasteiger partial charge in [-0.1, -0.05) is 0 Å². The standard InChI is InChI=1S/C11H12N2O2/c14-10(9-2-1-3-12-4-9)13-5-11(6-13)7-15-8-11/h1-4H,5-8H2. The Morgan fingerprint density at radius 1 is 1.47 bits per heavy atom. The fraction of sp³-hybridized carbons (Fsp3) is 0.455. The third-order valence-electron chi connectivity index (χ3n) is 3.06. The van der Waals surface area contributed by atoms with Gasteiger partial charge in [0, 0.05) is 25.5 Å². The van der Waals surface area contributed by atoms with E-state index < -0.39 is 0 Å². The van der Waals surface area contributed by atoms with Gasteiger partial charge in [0.25, 0.3) is 5.91 Å². The number of hydrogen-bond donors (Lipinski definition) is 0. The molecule has 0 saturated carbocycles. The third-order valence-corrected chi connectivity index (χ3v) is 3.06. The summed E-state index contributed by atoms with van der Waals surface area (Å²) in [5.41, 5.74) is 0.963. The highest BCUT2D eigenvalue weighted by Crippen LogP contribution is 2.37. The van der Waals surface area contributed by atoms with Crippen molar-refractivity contribution in [2.75, 3.05) is 26.3 Å². The average Bonchev–Trinajstić information content (AvgIpc) is 2.14. The Morgan fingerprint density at radius 2 is 2.27 bits per heavy atom. The molecule has 4 nitrogen and oxygen atoms in total. The molecule has 0 unspecified atom stereocenters. The molecular formula is C11H12N2O2. The smallest absolute Gasteiger partial charge is 0.255 e. The maximum atomic E-state index is 11.9. The summed E-state index contributed by atoms with van der Waals surface area (Å²) in [6.07, 6.45) is 3.29. The van der Waals surface area contributed by atoms with Crippen molar-refractivity contribution in [2.24, 2.45) is 5.41 Å². The summed E-state index contributed by atoms with van der Waals surface area (Å²) in [5.74, 6) is 0.0839. The molecule has 1 aromatic rings. The number of likely N-dealkylation sites (tertiary alicyclic amines) is 1. The van der Waals surface area contributed by atoms with Crippen LogP contribution in [-0.4, -0.2) is 42.1 Å². The Bertz CT molecular complexity index is 379. The van der Waals surface area contributed by atoms with Crippen LogP contribution >= 0.6 is 0 Å². The van der Waals surface area contributed by atoms with Crippen LogP contribution in [-0.2, 0) is 4.74 Å². The second-order valence-corrected chi connectivity index (χ2v) is 4.40. The van der Waals surface area contributed by atoms with Gasteiger partial charge in [-0.25, -0.2) is 0 Å². The van der Waals surface area contributed by atoms with Crippen molar-refractivity contribution < 1.29 is 9.53 Å². The molecule has 1 amide bonds. The Balaban J connectivity index is 1.67. The number of pyridine rings is 1. The maximum absolute atomic E-state index is 11.9. The number of ether oxygens (including phenoxy) is 1. The zero-order valence-electron chi connectivity index (χ0n) is 8.35. The molecular weight excluding hydrogens is 192 g/mol. The largest absolute Gasteiger partial charge is 0.380 e. The van der Waals surface area contributed by atoms with Crippen molar-refractivity contribution in [3.05, 3.63) is 30.1 Å². The molecule has 1 spiro atoms. The van der Waals surface area contributed by atoms with Crippen LogP contribution in [0.25, 0.3) is 0 Å². The minimum Gasteiger partial charge on any atom is -0.380 e. The van der Waals surface area contributed by atoms with Crippen LogP contribution in [0.3, 0.4) is 0 Å². The molecule has 4 heteroatoms. The Labute approximate surface area is 87.9 Å². The normalized spacial score (nSPS) is 22.0. The first kappa shape index (κ1) is 8.85. The fourth-order valence-corrected chi connectivity index (χ4v) is 2.15. The number of carbonyl (C=O) groups is 1. The van der Waals surface area contributed by atoms with Crippen LogP contribution < -0.4 is 0 Å².